The number of nitrogens with one attached hydrogen (secondary N) is 1. The maximum atomic E-state index is 13.0. The summed E-state index contributed by atoms with van der Waals surface area (Å²) in [4.78, 5) is 12.7. The van der Waals surface area contributed by atoms with Gasteiger partial charge in [-0.2, -0.15) is 4.31 Å². The Balaban J connectivity index is 1.57. The number of fused-ring (bicyclic) bond motifs is 1. The minimum Gasteiger partial charge on any atom is -0.324 e. The number of amides is 1. The van der Waals surface area contributed by atoms with Crippen molar-refractivity contribution >= 4 is 39.0 Å². The van der Waals surface area contributed by atoms with Gasteiger partial charge in [-0.05, 0) is 35.8 Å². The summed E-state index contributed by atoms with van der Waals surface area (Å²) in [6, 6.07) is 15.0. The van der Waals surface area contributed by atoms with Crippen LogP contribution < -0.4 is 5.32 Å². The molecule has 2 heterocycles. The molecule has 0 aromatic heterocycles. The van der Waals surface area contributed by atoms with E-state index in [1.54, 1.807) is 18.2 Å². The summed E-state index contributed by atoms with van der Waals surface area (Å²) in [6.45, 7) is 0.798. The van der Waals surface area contributed by atoms with Crippen molar-refractivity contribution in [1.82, 2.24) is 4.31 Å². The van der Waals surface area contributed by atoms with E-state index in [1.165, 1.54) is 21.6 Å². The van der Waals surface area contributed by atoms with Gasteiger partial charge in [0.05, 0.1) is 16.3 Å². The molecule has 2 aromatic carbocycles. The first-order chi connectivity index (χ1) is 12.5. The zero-order valence-corrected chi connectivity index (χ0v) is 15.6. The molecule has 0 radical (unpaired) electrons. The lowest BCUT2D eigenvalue weighted by molar-refractivity contribution is -0.113. The van der Waals surface area contributed by atoms with E-state index in [-0.39, 0.29) is 10.8 Å². The zero-order chi connectivity index (χ0) is 18.1. The van der Waals surface area contributed by atoms with Crippen LogP contribution in [0.2, 0.25) is 0 Å². The van der Waals surface area contributed by atoms with Crippen LogP contribution in [0.1, 0.15) is 12.0 Å². The van der Waals surface area contributed by atoms with Gasteiger partial charge in [0.2, 0.25) is 15.9 Å². The topological polar surface area (TPSA) is 66.5 Å². The first-order valence-electron chi connectivity index (χ1n) is 8.35. The molecule has 2 aliphatic heterocycles. The molecule has 0 spiro atoms. The second-order valence-corrected chi connectivity index (χ2v) is 9.16. The highest BCUT2D eigenvalue weighted by Gasteiger charge is 2.28. The number of hydrogen-bond donors (Lipinski definition) is 1. The quantitative estimate of drug-likeness (QED) is 0.880. The summed E-state index contributed by atoms with van der Waals surface area (Å²) >= 11 is 1.42. The van der Waals surface area contributed by atoms with Gasteiger partial charge in [-0.1, -0.05) is 36.4 Å². The smallest absolute Gasteiger partial charge is 0.243 e. The van der Waals surface area contributed by atoms with Gasteiger partial charge in [-0.3, -0.25) is 4.79 Å². The normalized spacial score (nSPS) is 18.0. The maximum absolute atomic E-state index is 13.0. The van der Waals surface area contributed by atoms with Crippen LogP contribution in [0, 0.1) is 0 Å². The highest BCUT2D eigenvalue weighted by Crippen LogP contribution is 2.34. The van der Waals surface area contributed by atoms with Crippen molar-refractivity contribution in [2.24, 2.45) is 0 Å². The van der Waals surface area contributed by atoms with Crippen molar-refractivity contribution in [3.8, 4) is 0 Å². The first kappa shape index (κ1) is 17.3. The lowest BCUT2D eigenvalue weighted by atomic mass is 10.0. The Morgan fingerprint density at radius 2 is 1.88 bits per heavy atom. The fraction of sp³-hybridized carbons (Fsp3) is 0.211. The molecule has 0 fully saturated rings. The Bertz CT molecular complexity index is 985. The molecule has 0 bridgehead atoms. The molecular weight excluding hydrogens is 368 g/mol. The number of carbonyl (C=O) groups is 1. The van der Waals surface area contributed by atoms with E-state index >= 15 is 0 Å². The lowest BCUT2D eigenvalue weighted by Crippen LogP contribution is -2.34. The molecule has 0 saturated heterocycles. The van der Waals surface area contributed by atoms with Crippen LogP contribution in [0.25, 0.3) is 5.57 Å². The second kappa shape index (κ2) is 6.90. The molecule has 4 rings (SSSR count). The van der Waals surface area contributed by atoms with Crippen molar-refractivity contribution in [3.05, 3.63) is 60.2 Å². The van der Waals surface area contributed by atoms with Crippen LogP contribution in [0.5, 0.6) is 0 Å². The molecule has 1 amide bonds. The number of nitrogens with zero attached hydrogens (tertiary/aromatic N) is 1. The Kier molecular flexibility index (Phi) is 4.60. The Morgan fingerprint density at radius 1 is 1.08 bits per heavy atom. The molecule has 5 nitrogen and oxygen atoms in total. The van der Waals surface area contributed by atoms with E-state index in [9.17, 15) is 13.2 Å². The number of anilines is 1. The van der Waals surface area contributed by atoms with Crippen LogP contribution in [0.3, 0.4) is 0 Å². The summed E-state index contributed by atoms with van der Waals surface area (Å²) < 4.78 is 27.4. The van der Waals surface area contributed by atoms with Gasteiger partial charge in [0, 0.05) is 18.0 Å². The zero-order valence-electron chi connectivity index (χ0n) is 14.0. The first-order valence-corrected chi connectivity index (χ1v) is 10.8. The van der Waals surface area contributed by atoms with E-state index in [0.717, 1.165) is 10.5 Å². The number of sulfonamides is 1. The SMILES string of the molecule is O=C1CSc2ccc(S(=O)(=O)N3CC=C(c4ccccc4)CC3)cc2N1. The standard InChI is InChI=1S/C19H18N2O3S2/c22-19-13-25-18-7-6-16(12-17(18)20-19)26(23,24)21-10-8-15(9-11-21)14-4-2-1-3-5-14/h1-8,12H,9-11,13H2,(H,20,22). The minimum atomic E-state index is -3.59. The van der Waals surface area contributed by atoms with Gasteiger partial charge in [0.15, 0.2) is 0 Å². The third-order valence-electron chi connectivity index (χ3n) is 4.54. The highest BCUT2D eigenvalue weighted by molar-refractivity contribution is 8.00. The fourth-order valence-corrected chi connectivity index (χ4v) is 5.35. The molecule has 0 atom stereocenters. The minimum absolute atomic E-state index is 0.106. The van der Waals surface area contributed by atoms with Gasteiger partial charge in [0.25, 0.3) is 0 Å². The van der Waals surface area contributed by atoms with Crippen molar-refractivity contribution < 1.29 is 13.2 Å². The van der Waals surface area contributed by atoms with Crippen LogP contribution >= 0.6 is 11.8 Å². The van der Waals surface area contributed by atoms with Gasteiger partial charge in [-0.15, -0.1) is 11.8 Å². The maximum Gasteiger partial charge on any atom is 0.243 e. The molecule has 0 saturated carbocycles. The number of thioether (sulfide) groups is 1. The summed E-state index contributed by atoms with van der Waals surface area (Å²) in [7, 11) is -3.59. The largest absolute Gasteiger partial charge is 0.324 e. The molecule has 2 aliphatic rings. The Morgan fingerprint density at radius 3 is 2.62 bits per heavy atom. The predicted molar refractivity (Wildman–Crippen MR) is 104 cm³/mol. The van der Waals surface area contributed by atoms with E-state index < -0.39 is 10.0 Å². The van der Waals surface area contributed by atoms with Gasteiger partial charge in [-0.25, -0.2) is 8.42 Å². The summed E-state index contributed by atoms with van der Waals surface area (Å²) in [5, 5.41) is 2.75. The summed E-state index contributed by atoms with van der Waals surface area (Å²) in [5.41, 5.74) is 2.88. The average Bonchev–Trinajstić information content (AvgIpc) is 2.68. The number of rotatable bonds is 3. The molecule has 0 unspecified atom stereocenters. The third kappa shape index (κ3) is 3.30. The van der Waals surface area contributed by atoms with Crippen molar-refractivity contribution in [2.75, 3.05) is 24.2 Å². The Labute approximate surface area is 157 Å². The van der Waals surface area contributed by atoms with Crippen molar-refractivity contribution in [1.29, 1.82) is 0 Å². The molecule has 134 valence electrons. The van der Waals surface area contributed by atoms with E-state index in [0.29, 0.717) is 31.0 Å². The fourth-order valence-electron chi connectivity index (χ4n) is 3.15. The summed E-state index contributed by atoms with van der Waals surface area (Å²) in [6.07, 6.45) is 2.66. The van der Waals surface area contributed by atoms with Gasteiger partial charge >= 0.3 is 0 Å². The average molecular weight is 386 g/mol. The van der Waals surface area contributed by atoms with Crippen molar-refractivity contribution in [2.45, 2.75) is 16.2 Å². The van der Waals surface area contributed by atoms with E-state index in [1.807, 2.05) is 36.4 Å². The van der Waals surface area contributed by atoms with Gasteiger partial charge in [0.1, 0.15) is 0 Å². The van der Waals surface area contributed by atoms with Crippen LogP contribution in [0.15, 0.2) is 64.4 Å². The van der Waals surface area contributed by atoms with Crippen LogP contribution in [0.4, 0.5) is 5.69 Å². The summed E-state index contributed by atoms with van der Waals surface area (Å²) in [5.74, 6) is 0.253. The molecule has 2 aromatic rings. The van der Waals surface area contributed by atoms with E-state index in [2.05, 4.69) is 5.32 Å². The molecule has 0 aliphatic carbocycles. The van der Waals surface area contributed by atoms with Gasteiger partial charge < -0.3 is 5.32 Å². The van der Waals surface area contributed by atoms with Crippen LogP contribution in [-0.4, -0.2) is 37.5 Å². The van der Waals surface area contributed by atoms with E-state index in [4.69, 9.17) is 0 Å². The molecule has 1 N–H and O–H groups in total. The van der Waals surface area contributed by atoms with Crippen LogP contribution in [-0.2, 0) is 14.8 Å². The third-order valence-corrected chi connectivity index (χ3v) is 7.47. The predicted octanol–water partition coefficient (Wildman–Crippen LogP) is 3.21. The highest BCUT2D eigenvalue weighted by atomic mass is 32.2. The van der Waals surface area contributed by atoms with Crippen molar-refractivity contribution in [3.63, 3.8) is 0 Å². The molecule has 26 heavy (non-hydrogen) atoms. The molecule has 7 heteroatoms. The Hall–Kier alpha value is -2.09. The lowest BCUT2D eigenvalue weighted by Gasteiger charge is -2.26. The number of hydrogen-bond acceptors (Lipinski definition) is 4. The molecular formula is C19H18N2O3S2. The second-order valence-electron chi connectivity index (χ2n) is 6.20. The monoisotopic (exact) mass is 386 g/mol. The number of carbonyl (C=O) groups excluding carboxylic acids is 1. The number of benzene rings is 2.